The van der Waals surface area contributed by atoms with Crippen molar-refractivity contribution in [2.45, 2.75) is 83.8 Å². The maximum absolute atomic E-state index is 12.7. The SMILES string of the molecule is Cc1nn(CC(F)(F)F)c(C)c1[C@H](C)N[C@@H]1C[C@H](C)N(C2CC2)C1. The Hall–Kier alpha value is -1.08. The lowest BCUT2D eigenvalue weighted by Crippen LogP contribution is -2.35. The Balaban J connectivity index is 1.68. The van der Waals surface area contributed by atoms with Gasteiger partial charge < -0.3 is 5.32 Å². The third-order valence-corrected chi connectivity index (χ3v) is 5.32. The van der Waals surface area contributed by atoms with Gasteiger partial charge >= 0.3 is 6.18 Å². The molecule has 2 heterocycles. The average molecular weight is 344 g/mol. The maximum Gasteiger partial charge on any atom is 0.408 e. The first-order chi connectivity index (χ1) is 11.2. The number of hydrogen-bond donors (Lipinski definition) is 1. The van der Waals surface area contributed by atoms with Gasteiger partial charge in [-0.15, -0.1) is 0 Å². The van der Waals surface area contributed by atoms with Crippen molar-refractivity contribution in [3.63, 3.8) is 0 Å². The molecule has 1 aliphatic carbocycles. The van der Waals surface area contributed by atoms with E-state index in [2.05, 4.69) is 22.2 Å². The molecule has 0 unspecified atom stereocenters. The van der Waals surface area contributed by atoms with Crippen molar-refractivity contribution in [2.75, 3.05) is 6.54 Å². The number of aromatic nitrogens is 2. The van der Waals surface area contributed by atoms with E-state index < -0.39 is 12.7 Å². The molecule has 0 amide bonds. The molecule has 0 radical (unpaired) electrons. The van der Waals surface area contributed by atoms with Gasteiger partial charge in [0.05, 0.1) is 5.69 Å². The van der Waals surface area contributed by atoms with Gasteiger partial charge in [-0.3, -0.25) is 9.58 Å². The summed E-state index contributed by atoms with van der Waals surface area (Å²) in [5.41, 5.74) is 2.19. The molecule has 0 bridgehead atoms. The van der Waals surface area contributed by atoms with Crippen molar-refractivity contribution in [1.29, 1.82) is 0 Å². The Bertz CT molecular complexity index is 591. The van der Waals surface area contributed by atoms with E-state index in [9.17, 15) is 13.2 Å². The first-order valence-electron chi connectivity index (χ1n) is 8.78. The summed E-state index contributed by atoms with van der Waals surface area (Å²) in [6.45, 7) is 7.82. The van der Waals surface area contributed by atoms with Crippen molar-refractivity contribution in [2.24, 2.45) is 0 Å². The third kappa shape index (κ3) is 3.77. The number of nitrogens with zero attached hydrogens (tertiary/aromatic N) is 3. The number of hydrogen-bond acceptors (Lipinski definition) is 3. The minimum Gasteiger partial charge on any atom is -0.306 e. The van der Waals surface area contributed by atoms with E-state index in [1.165, 1.54) is 12.8 Å². The highest BCUT2D eigenvalue weighted by molar-refractivity contribution is 5.28. The fourth-order valence-electron chi connectivity index (χ4n) is 4.19. The van der Waals surface area contributed by atoms with Crippen LogP contribution in [0.1, 0.15) is 56.1 Å². The van der Waals surface area contributed by atoms with E-state index in [0.29, 0.717) is 23.5 Å². The van der Waals surface area contributed by atoms with Crippen molar-refractivity contribution < 1.29 is 13.2 Å². The van der Waals surface area contributed by atoms with Crippen molar-refractivity contribution >= 4 is 0 Å². The summed E-state index contributed by atoms with van der Waals surface area (Å²) in [6, 6.07) is 1.72. The fourth-order valence-corrected chi connectivity index (χ4v) is 4.19. The van der Waals surface area contributed by atoms with Crippen LogP contribution >= 0.6 is 0 Å². The van der Waals surface area contributed by atoms with Crippen LogP contribution < -0.4 is 5.32 Å². The fraction of sp³-hybridized carbons (Fsp3) is 0.824. The van der Waals surface area contributed by atoms with Gasteiger partial charge in [0.25, 0.3) is 0 Å². The normalized spacial score (nSPS) is 27.0. The van der Waals surface area contributed by atoms with Gasteiger partial charge in [0.2, 0.25) is 0 Å². The van der Waals surface area contributed by atoms with Gasteiger partial charge in [-0.05, 0) is 47.0 Å². The molecular weight excluding hydrogens is 317 g/mol. The Kier molecular flexibility index (Phi) is 4.68. The van der Waals surface area contributed by atoms with E-state index in [0.717, 1.165) is 29.3 Å². The van der Waals surface area contributed by atoms with E-state index in [-0.39, 0.29) is 6.04 Å². The summed E-state index contributed by atoms with van der Waals surface area (Å²) in [7, 11) is 0. The van der Waals surface area contributed by atoms with E-state index in [4.69, 9.17) is 0 Å². The standard InChI is InChI=1S/C17H27F3N4/c1-10-7-14(8-23(10)15-5-6-15)21-11(2)16-12(3)22-24(13(16)4)9-17(18,19)20/h10-11,14-15,21H,5-9H2,1-4H3/t10-,11-,14+/m0/s1. The number of aryl methyl sites for hydroxylation is 1. The molecule has 1 aromatic rings. The molecule has 2 fully saturated rings. The minimum absolute atomic E-state index is 0.00309. The molecule has 1 saturated carbocycles. The van der Waals surface area contributed by atoms with Gasteiger partial charge in [-0.2, -0.15) is 18.3 Å². The topological polar surface area (TPSA) is 33.1 Å². The highest BCUT2D eigenvalue weighted by Gasteiger charge is 2.39. The molecule has 0 aromatic carbocycles. The molecule has 1 aliphatic heterocycles. The molecule has 3 rings (SSSR count). The molecule has 7 heteroatoms. The Morgan fingerprint density at radius 2 is 1.96 bits per heavy atom. The summed E-state index contributed by atoms with van der Waals surface area (Å²) < 4.78 is 39.1. The third-order valence-electron chi connectivity index (χ3n) is 5.32. The zero-order chi connectivity index (χ0) is 17.6. The predicted octanol–water partition coefficient (Wildman–Crippen LogP) is 3.34. The smallest absolute Gasteiger partial charge is 0.306 e. The molecule has 2 aliphatic rings. The average Bonchev–Trinajstić information content (AvgIpc) is 3.15. The second-order valence-electron chi connectivity index (χ2n) is 7.46. The molecular formula is C17H27F3N4. The van der Waals surface area contributed by atoms with Gasteiger partial charge in [0, 0.05) is 42.0 Å². The molecule has 24 heavy (non-hydrogen) atoms. The molecule has 1 aromatic heterocycles. The summed E-state index contributed by atoms with van der Waals surface area (Å²) in [6.07, 6.45) is -0.553. The van der Waals surface area contributed by atoms with Crippen LogP contribution in [-0.4, -0.2) is 45.5 Å². The molecule has 1 N–H and O–H groups in total. The first kappa shape index (κ1) is 17.7. The van der Waals surface area contributed by atoms with Crippen molar-refractivity contribution in [3.05, 3.63) is 17.0 Å². The number of nitrogens with one attached hydrogen (secondary N) is 1. The lowest BCUT2D eigenvalue weighted by molar-refractivity contribution is -0.142. The van der Waals surface area contributed by atoms with Crippen molar-refractivity contribution in [1.82, 2.24) is 20.0 Å². The van der Waals surface area contributed by atoms with Crippen LogP contribution in [0, 0.1) is 13.8 Å². The number of halogens is 3. The van der Waals surface area contributed by atoms with Gasteiger partial charge in [-0.1, -0.05) is 0 Å². The summed E-state index contributed by atoms with van der Waals surface area (Å²) >= 11 is 0. The highest BCUT2D eigenvalue weighted by Crippen LogP contribution is 2.34. The first-order valence-corrected chi connectivity index (χ1v) is 8.78. The van der Waals surface area contributed by atoms with Crippen LogP contribution in [-0.2, 0) is 6.54 Å². The quantitative estimate of drug-likeness (QED) is 0.889. The van der Waals surface area contributed by atoms with Crippen LogP contribution in [0.25, 0.3) is 0 Å². The molecule has 0 spiro atoms. The number of alkyl halides is 3. The Morgan fingerprint density at radius 1 is 1.29 bits per heavy atom. The highest BCUT2D eigenvalue weighted by atomic mass is 19.4. The van der Waals surface area contributed by atoms with Gasteiger partial charge in [0.1, 0.15) is 6.54 Å². The molecule has 1 saturated heterocycles. The molecule has 3 atom stereocenters. The van der Waals surface area contributed by atoms with Crippen LogP contribution in [0.2, 0.25) is 0 Å². The van der Waals surface area contributed by atoms with Gasteiger partial charge in [-0.25, -0.2) is 0 Å². The Labute approximate surface area is 141 Å². The van der Waals surface area contributed by atoms with Crippen molar-refractivity contribution in [3.8, 4) is 0 Å². The Morgan fingerprint density at radius 3 is 2.54 bits per heavy atom. The molecule has 4 nitrogen and oxygen atoms in total. The van der Waals surface area contributed by atoms with E-state index >= 15 is 0 Å². The summed E-state index contributed by atoms with van der Waals surface area (Å²) in [4.78, 5) is 2.57. The predicted molar refractivity (Wildman–Crippen MR) is 86.9 cm³/mol. The van der Waals surface area contributed by atoms with E-state index in [1.54, 1.807) is 13.8 Å². The monoisotopic (exact) mass is 344 g/mol. The summed E-state index contributed by atoms with van der Waals surface area (Å²) in [5, 5.41) is 7.73. The zero-order valence-electron chi connectivity index (χ0n) is 14.8. The minimum atomic E-state index is -4.25. The second-order valence-corrected chi connectivity index (χ2v) is 7.46. The zero-order valence-corrected chi connectivity index (χ0v) is 14.8. The second kappa shape index (κ2) is 6.33. The largest absolute Gasteiger partial charge is 0.408 e. The summed E-state index contributed by atoms with van der Waals surface area (Å²) in [5.74, 6) is 0. The van der Waals surface area contributed by atoms with Crippen LogP contribution in [0.5, 0.6) is 0 Å². The van der Waals surface area contributed by atoms with Crippen LogP contribution in [0.15, 0.2) is 0 Å². The lowest BCUT2D eigenvalue weighted by Gasteiger charge is -2.21. The van der Waals surface area contributed by atoms with Gasteiger partial charge in [0.15, 0.2) is 0 Å². The molecule has 136 valence electrons. The number of rotatable bonds is 5. The maximum atomic E-state index is 12.7. The van der Waals surface area contributed by atoms with E-state index in [1.807, 2.05) is 6.92 Å². The lowest BCUT2D eigenvalue weighted by atomic mass is 10.0. The van der Waals surface area contributed by atoms with Crippen LogP contribution in [0.4, 0.5) is 13.2 Å². The number of likely N-dealkylation sites (tertiary alicyclic amines) is 1. The van der Waals surface area contributed by atoms with Crippen LogP contribution in [0.3, 0.4) is 0 Å².